The molecule has 0 radical (unpaired) electrons. The highest BCUT2D eigenvalue weighted by atomic mass is 35.5. The lowest BCUT2D eigenvalue weighted by Crippen LogP contribution is -2.39. The van der Waals surface area contributed by atoms with Crippen molar-refractivity contribution < 1.29 is 19.1 Å². The predicted octanol–water partition coefficient (Wildman–Crippen LogP) is 4.90. The largest absolute Gasteiger partial charge is 0.486 e. The summed E-state index contributed by atoms with van der Waals surface area (Å²) in [5.41, 5.74) is 1.25. The number of ether oxygens (including phenoxy) is 2. The molecule has 2 aliphatic rings. The normalized spacial score (nSPS) is 16.7. The van der Waals surface area contributed by atoms with Gasteiger partial charge in [-0.2, -0.15) is 0 Å². The van der Waals surface area contributed by atoms with Gasteiger partial charge in [0.15, 0.2) is 17.3 Å². The van der Waals surface area contributed by atoms with Gasteiger partial charge >= 0.3 is 0 Å². The van der Waals surface area contributed by atoms with Crippen LogP contribution in [0, 0.1) is 5.92 Å². The van der Waals surface area contributed by atoms with Crippen LogP contribution >= 0.6 is 23.2 Å². The lowest BCUT2D eigenvalue weighted by atomic mass is 9.88. The molecule has 0 saturated carbocycles. The van der Waals surface area contributed by atoms with Crippen molar-refractivity contribution in [3.05, 3.63) is 63.6 Å². The average Bonchev–Trinajstić information content (AvgIpc) is 2.78. The molecule has 1 amide bonds. The zero-order chi connectivity index (χ0) is 21.1. The van der Waals surface area contributed by atoms with Crippen molar-refractivity contribution >= 4 is 41.0 Å². The Morgan fingerprint density at radius 2 is 1.63 bits per heavy atom. The number of ketones is 1. The first-order valence-electron chi connectivity index (χ1n) is 9.88. The number of hydrogen-bond donors (Lipinski definition) is 0. The highest BCUT2D eigenvalue weighted by molar-refractivity contribution is 6.37. The first kappa shape index (κ1) is 20.8. The van der Waals surface area contributed by atoms with Gasteiger partial charge in [-0.1, -0.05) is 29.3 Å². The molecule has 156 valence electrons. The molecular weight excluding hydrogens is 425 g/mol. The molecule has 2 heterocycles. The lowest BCUT2D eigenvalue weighted by molar-refractivity contribution is -0.127. The van der Waals surface area contributed by atoms with Crippen LogP contribution < -0.4 is 9.47 Å². The Balaban J connectivity index is 1.36. The molecule has 2 aromatic rings. The number of fused-ring (bicyclic) bond motifs is 1. The minimum absolute atomic E-state index is 0.0810. The van der Waals surface area contributed by atoms with E-state index in [2.05, 4.69) is 0 Å². The number of amides is 1. The van der Waals surface area contributed by atoms with Gasteiger partial charge in [-0.25, -0.2) is 0 Å². The van der Waals surface area contributed by atoms with Crippen molar-refractivity contribution in [2.24, 2.45) is 5.92 Å². The highest BCUT2D eigenvalue weighted by Gasteiger charge is 2.28. The number of likely N-dealkylation sites (tertiary alicyclic amines) is 1. The van der Waals surface area contributed by atoms with E-state index in [4.69, 9.17) is 32.7 Å². The van der Waals surface area contributed by atoms with Crippen molar-refractivity contribution in [3.63, 3.8) is 0 Å². The summed E-state index contributed by atoms with van der Waals surface area (Å²) in [5.74, 6) is 1.14. The van der Waals surface area contributed by atoms with Crippen molar-refractivity contribution in [3.8, 4) is 11.5 Å². The molecule has 7 heteroatoms. The minimum atomic E-state index is -0.115. The van der Waals surface area contributed by atoms with Crippen molar-refractivity contribution in [1.82, 2.24) is 4.90 Å². The Morgan fingerprint density at radius 3 is 2.33 bits per heavy atom. The first-order valence-corrected chi connectivity index (χ1v) is 10.6. The van der Waals surface area contributed by atoms with Gasteiger partial charge in [-0.15, -0.1) is 0 Å². The van der Waals surface area contributed by atoms with Gasteiger partial charge in [0, 0.05) is 46.3 Å². The molecule has 0 aliphatic carbocycles. The minimum Gasteiger partial charge on any atom is -0.486 e. The van der Waals surface area contributed by atoms with E-state index in [9.17, 15) is 9.59 Å². The van der Waals surface area contributed by atoms with Gasteiger partial charge in [-0.05, 0) is 49.2 Å². The van der Waals surface area contributed by atoms with Gasteiger partial charge < -0.3 is 14.4 Å². The van der Waals surface area contributed by atoms with Crippen LogP contribution in [0.25, 0.3) is 6.08 Å². The maximum Gasteiger partial charge on any atom is 0.246 e. The van der Waals surface area contributed by atoms with Crippen molar-refractivity contribution in [2.75, 3.05) is 26.3 Å². The molecule has 0 N–H and O–H groups in total. The SMILES string of the molecule is O=C(c1ccc2c(c1)OCCO2)C1CCN(C(=O)C=Cc2c(Cl)cccc2Cl)CC1. The number of halogens is 2. The predicted molar refractivity (Wildman–Crippen MR) is 117 cm³/mol. The van der Waals surface area contributed by atoms with E-state index >= 15 is 0 Å². The maximum absolute atomic E-state index is 12.9. The molecule has 1 saturated heterocycles. The number of carbonyl (C=O) groups is 2. The number of hydrogen-bond acceptors (Lipinski definition) is 4. The smallest absolute Gasteiger partial charge is 0.246 e. The first-order chi connectivity index (χ1) is 14.5. The fraction of sp³-hybridized carbons (Fsp3) is 0.304. The number of piperidine rings is 1. The zero-order valence-corrected chi connectivity index (χ0v) is 17.8. The second-order valence-corrected chi connectivity index (χ2v) is 8.11. The molecule has 0 spiro atoms. The Kier molecular flexibility index (Phi) is 6.30. The summed E-state index contributed by atoms with van der Waals surface area (Å²) in [7, 11) is 0. The third-order valence-corrected chi connectivity index (χ3v) is 6.06. The summed E-state index contributed by atoms with van der Waals surface area (Å²) in [6, 6.07) is 10.5. The summed E-state index contributed by atoms with van der Waals surface area (Å²) >= 11 is 12.3. The third-order valence-electron chi connectivity index (χ3n) is 5.40. The van der Waals surface area contributed by atoms with Crippen LogP contribution in [-0.2, 0) is 4.79 Å². The Bertz CT molecular complexity index is 976. The molecule has 0 bridgehead atoms. The Morgan fingerprint density at radius 1 is 0.967 bits per heavy atom. The van der Waals surface area contributed by atoms with Crippen molar-refractivity contribution in [1.29, 1.82) is 0 Å². The van der Waals surface area contributed by atoms with Crippen LogP contribution in [-0.4, -0.2) is 42.9 Å². The summed E-state index contributed by atoms with van der Waals surface area (Å²) in [6.07, 6.45) is 4.37. The monoisotopic (exact) mass is 445 g/mol. The fourth-order valence-corrected chi connectivity index (χ4v) is 4.25. The van der Waals surface area contributed by atoms with Crippen LogP contribution in [0.2, 0.25) is 10.0 Å². The van der Waals surface area contributed by atoms with Gasteiger partial charge in [0.05, 0.1) is 0 Å². The standard InChI is InChI=1S/C23H21Cl2NO4/c24-18-2-1-3-19(25)17(18)5-7-22(27)26-10-8-15(9-11-26)23(28)16-4-6-20-21(14-16)30-13-12-29-20/h1-7,14-15H,8-13H2. The molecule has 2 aromatic carbocycles. The average molecular weight is 446 g/mol. The third kappa shape index (κ3) is 4.47. The summed E-state index contributed by atoms with van der Waals surface area (Å²) in [6.45, 7) is 2.06. The van der Waals surface area contributed by atoms with E-state index in [0.29, 0.717) is 71.8 Å². The summed E-state index contributed by atoms with van der Waals surface area (Å²) in [5, 5.41) is 0.991. The summed E-state index contributed by atoms with van der Waals surface area (Å²) < 4.78 is 11.1. The number of Topliss-reactive ketones (excluding diaryl/α,β-unsaturated/α-hetero) is 1. The Labute approximate surface area is 185 Å². The van der Waals surface area contributed by atoms with E-state index in [0.717, 1.165) is 0 Å². The van der Waals surface area contributed by atoms with E-state index < -0.39 is 0 Å². The highest BCUT2D eigenvalue weighted by Crippen LogP contribution is 2.32. The number of nitrogens with zero attached hydrogens (tertiary/aromatic N) is 1. The molecule has 30 heavy (non-hydrogen) atoms. The lowest BCUT2D eigenvalue weighted by Gasteiger charge is -2.30. The van der Waals surface area contributed by atoms with Gasteiger partial charge in [0.25, 0.3) is 0 Å². The van der Waals surface area contributed by atoms with Crippen LogP contribution in [0.15, 0.2) is 42.5 Å². The fourth-order valence-electron chi connectivity index (χ4n) is 3.72. The Hall–Kier alpha value is -2.50. The molecule has 2 aliphatic heterocycles. The summed E-state index contributed by atoms with van der Waals surface area (Å²) in [4.78, 5) is 27.2. The van der Waals surface area contributed by atoms with Crippen LogP contribution in [0.5, 0.6) is 11.5 Å². The maximum atomic E-state index is 12.9. The van der Waals surface area contributed by atoms with E-state index in [1.165, 1.54) is 6.08 Å². The van der Waals surface area contributed by atoms with Crippen LogP contribution in [0.1, 0.15) is 28.8 Å². The molecule has 0 aromatic heterocycles. The molecule has 4 rings (SSSR count). The quantitative estimate of drug-likeness (QED) is 0.495. The molecule has 0 unspecified atom stereocenters. The number of rotatable bonds is 4. The molecular formula is C23H21Cl2NO4. The molecule has 1 fully saturated rings. The van der Waals surface area contributed by atoms with Crippen LogP contribution in [0.4, 0.5) is 0 Å². The zero-order valence-electron chi connectivity index (χ0n) is 16.3. The second kappa shape index (κ2) is 9.11. The number of carbonyl (C=O) groups excluding carboxylic acids is 2. The van der Waals surface area contributed by atoms with Crippen molar-refractivity contribution in [2.45, 2.75) is 12.8 Å². The van der Waals surface area contributed by atoms with Gasteiger partial charge in [-0.3, -0.25) is 9.59 Å². The molecule has 0 atom stereocenters. The molecule has 5 nitrogen and oxygen atoms in total. The number of benzene rings is 2. The second-order valence-electron chi connectivity index (χ2n) is 7.29. The van der Waals surface area contributed by atoms with Gasteiger partial charge in [0.1, 0.15) is 13.2 Å². The van der Waals surface area contributed by atoms with Gasteiger partial charge in [0.2, 0.25) is 5.91 Å². The van der Waals surface area contributed by atoms with Crippen LogP contribution in [0.3, 0.4) is 0 Å². The topological polar surface area (TPSA) is 55.8 Å². The van der Waals surface area contributed by atoms with E-state index in [1.54, 1.807) is 47.4 Å². The van der Waals surface area contributed by atoms with E-state index in [-0.39, 0.29) is 17.6 Å². The van der Waals surface area contributed by atoms with E-state index in [1.807, 2.05) is 0 Å².